The van der Waals surface area contributed by atoms with Crippen molar-refractivity contribution in [3.05, 3.63) is 40.9 Å². The number of rotatable bonds is 2. The largest absolute Gasteiger partial charge is 0.340 e. The minimum atomic E-state index is -0.316. The molecule has 0 spiro atoms. The zero-order chi connectivity index (χ0) is 11.7. The van der Waals surface area contributed by atoms with E-state index in [2.05, 4.69) is 31.6 Å². The fourth-order valence-corrected chi connectivity index (χ4v) is 2.30. The van der Waals surface area contributed by atoms with E-state index in [4.69, 9.17) is 0 Å². The summed E-state index contributed by atoms with van der Waals surface area (Å²) >= 11 is 1.48. The minimum Gasteiger partial charge on any atom is -0.288 e. The van der Waals surface area contributed by atoms with Gasteiger partial charge in [0.1, 0.15) is 11.9 Å². The van der Waals surface area contributed by atoms with Gasteiger partial charge < -0.3 is 0 Å². The summed E-state index contributed by atoms with van der Waals surface area (Å²) in [6, 6.07) is 7.33. The van der Waals surface area contributed by atoms with Crippen LogP contribution in [0, 0.1) is 6.20 Å². The van der Waals surface area contributed by atoms with Crippen LogP contribution in [0.5, 0.6) is 0 Å². The zero-order valence-corrected chi connectivity index (χ0v) is 9.28. The van der Waals surface area contributed by atoms with E-state index in [1.165, 1.54) is 11.3 Å². The van der Waals surface area contributed by atoms with E-state index >= 15 is 0 Å². The Morgan fingerprint density at radius 3 is 2.82 bits per heavy atom. The summed E-state index contributed by atoms with van der Waals surface area (Å²) in [4.78, 5) is 15.4. The van der Waals surface area contributed by atoms with Gasteiger partial charge in [0.05, 0.1) is 9.75 Å². The van der Waals surface area contributed by atoms with Crippen molar-refractivity contribution in [1.29, 1.82) is 0 Å². The summed E-state index contributed by atoms with van der Waals surface area (Å²) in [6.07, 6.45) is 2.62. The molecule has 0 saturated carbocycles. The first-order chi connectivity index (χ1) is 8.33. The van der Waals surface area contributed by atoms with Crippen LogP contribution in [0.2, 0.25) is 0 Å². The Hall–Kier alpha value is -2.28. The number of aromatic nitrogens is 5. The highest BCUT2D eigenvalue weighted by atomic mass is 32.1. The maximum absolute atomic E-state index is 10.9. The molecule has 6 nitrogen and oxygen atoms in total. The Morgan fingerprint density at radius 1 is 1.24 bits per heavy atom. The number of hydrogen-bond donors (Lipinski definition) is 2. The molecule has 3 heterocycles. The van der Waals surface area contributed by atoms with Crippen molar-refractivity contribution >= 4 is 11.3 Å². The first kappa shape index (κ1) is 9.91. The lowest BCUT2D eigenvalue weighted by Gasteiger charge is -1.91. The summed E-state index contributed by atoms with van der Waals surface area (Å²) in [5, 5.41) is 13.9. The lowest BCUT2D eigenvalue weighted by molar-refractivity contribution is 1.03. The van der Waals surface area contributed by atoms with Crippen molar-refractivity contribution in [2.75, 3.05) is 0 Å². The molecule has 0 amide bonds. The SMILES string of the molecule is O=c1[nH]nc(-c2ccc(-c3cc[c]nn3)s2)[nH]1. The van der Waals surface area contributed by atoms with Crippen molar-refractivity contribution < 1.29 is 0 Å². The molecule has 0 aliphatic heterocycles. The predicted molar refractivity (Wildman–Crippen MR) is 62.4 cm³/mol. The van der Waals surface area contributed by atoms with Gasteiger partial charge in [-0.3, -0.25) is 4.98 Å². The van der Waals surface area contributed by atoms with E-state index in [0.717, 1.165) is 15.4 Å². The van der Waals surface area contributed by atoms with E-state index in [9.17, 15) is 4.79 Å². The molecule has 0 aliphatic carbocycles. The van der Waals surface area contributed by atoms with Gasteiger partial charge in [0, 0.05) is 0 Å². The number of nitrogens with one attached hydrogen (secondary N) is 2. The summed E-state index contributed by atoms with van der Waals surface area (Å²) in [7, 11) is 0. The van der Waals surface area contributed by atoms with Gasteiger partial charge in [-0.25, -0.2) is 9.89 Å². The molecule has 3 rings (SSSR count). The molecule has 0 saturated heterocycles. The van der Waals surface area contributed by atoms with Gasteiger partial charge in [-0.15, -0.1) is 21.5 Å². The number of aromatic amines is 2. The number of nitrogens with zero attached hydrogens (tertiary/aromatic N) is 3. The van der Waals surface area contributed by atoms with Crippen molar-refractivity contribution in [3.8, 4) is 21.3 Å². The van der Waals surface area contributed by atoms with E-state index in [0.29, 0.717) is 5.82 Å². The molecule has 7 heteroatoms. The molecule has 0 fully saturated rings. The fourth-order valence-electron chi connectivity index (χ4n) is 1.39. The Morgan fingerprint density at radius 2 is 2.12 bits per heavy atom. The lowest BCUT2D eigenvalue weighted by atomic mass is 10.3. The van der Waals surface area contributed by atoms with E-state index < -0.39 is 0 Å². The van der Waals surface area contributed by atoms with Crippen LogP contribution in [-0.4, -0.2) is 25.4 Å². The van der Waals surface area contributed by atoms with Crippen LogP contribution >= 0.6 is 11.3 Å². The summed E-state index contributed by atoms with van der Waals surface area (Å²) < 4.78 is 0. The second-order valence-electron chi connectivity index (χ2n) is 3.24. The van der Waals surface area contributed by atoms with Crippen LogP contribution in [0.25, 0.3) is 21.3 Å². The minimum absolute atomic E-state index is 0.316. The molecule has 83 valence electrons. The molecular formula is C10H6N5OS. The zero-order valence-electron chi connectivity index (χ0n) is 8.47. The highest BCUT2D eigenvalue weighted by Gasteiger charge is 2.08. The molecule has 3 aromatic rings. The molecule has 0 aliphatic rings. The number of H-pyrrole nitrogens is 2. The van der Waals surface area contributed by atoms with Crippen molar-refractivity contribution in [2.24, 2.45) is 0 Å². The average Bonchev–Trinajstić information content (AvgIpc) is 2.98. The third kappa shape index (κ3) is 1.87. The molecular weight excluding hydrogens is 238 g/mol. The molecule has 1 radical (unpaired) electrons. The topological polar surface area (TPSA) is 87.3 Å². The molecule has 0 bridgehead atoms. The van der Waals surface area contributed by atoms with Gasteiger partial charge in [0.2, 0.25) is 0 Å². The molecule has 0 aromatic carbocycles. The van der Waals surface area contributed by atoms with Crippen molar-refractivity contribution in [1.82, 2.24) is 25.4 Å². The van der Waals surface area contributed by atoms with Gasteiger partial charge in [0.15, 0.2) is 5.82 Å². The molecule has 0 atom stereocenters. The van der Waals surface area contributed by atoms with E-state index in [1.807, 2.05) is 18.2 Å². The molecule has 3 aromatic heterocycles. The van der Waals surface area contributed by atoms with Gasteiger partial charge in [-0.05, 0) is 24.3 Å². The van der Waals surface area contributed by atoms with Crippen LogP contribution in [-0.2, 0) is 0 Å². The normalized spacial score (nSPS) is 10.6. The van der Waals surface area contributed by atoms with Gasteiger partial charge in [-0.1, -0.05) is 0 Å². The molecule has 2 N–H and O–H groups in total. The summed E-state index contributed by atoms with van der Waals surface area (Å²) in [5.41, 5.74) is 0.460. The Bertz CT molecular complexity index is 684. The van der Waals surface area contributed by atoms with Crippen LogP contribution < -0.4 is 5.69 Å². The van der Waals surface area contributed by atoms with Crippen molar-refractivity contribution in [3.63, 3.8) is 0 Å². The first-order valence-electron chi connectivity index (χ1n) is 4.78. The van der Waals surface area contributed by atoms with Gasteiger partial charge in [-0.2, -0.15) is 5.10 Å². The van der Waals surface area contributed by atoms with Gasteiger partial charge in [0.25, 0.3) is 0 Å². The Labute approximate surface area is 99.4 Å². The van der Waals surface area contributed by atoms with Crippen LogP contribution in [0.1, 0.15) is 0 Å². The molecule has 17 heavy (non-hydrogen) atoms. The Balaban J connectivity index is 2.01. The van der Waals surface area contributed by atoms with Gasteiger partial charge >= 0.3 is 5.69 Å². The number of hydrogen-bond acceptors (Lipinski definition) is 5. The standard InChI is InChI=1S/C10H6N5OS/c16-10-12-9(14-15-10)8-4-3-7(17-8)6-2-1-5-11-13-6/h1-4H,(H2,12,14,15,16). The van der Waals surface area contributed by atoms with E-state index in [1.54, 1.807) is 6.07 Å². The number of thiophene rings is 1. The van der Waals surface area contributed by atoms with Crippen LogP contribution in [0.3, 0.4) is 0 Å². The monoisotopic (exact) mass is 244 g/mol. The van der Waals surface area contributed by atoms with Crippen LogP contribution in [0.4, 0.5) is 0 Å². The summed E-state index contributed by atoms with van der Waals surface area (Å²) in [5.74, 6) is 0.529. The maximum atomic E-state index is 10.9. The molecule has 0 unspecified atom stereocenters. The third-order valence-electron chi connectivity index (χ3n) is 2.12. The van der Waals surface area contributed by atoms with E-state index in [-0.39, 0.29) is 5.69 Å². The average molecular weight is 244 g/mol. The fraction of sp³-hybridized carbons (Fsp3) is 0. The highest BCUT2D eigenvalue weighted by molar-refractivity contribution is 7.18. The smallest absolute Gasteiger partial charge is 0.288 e. The van der Waals surface area contributed by atoms with Crippen LogP contribution in [0.15, 0.2) is 29.1 Å². The lowest BCUT2D eigenvalue weighted by Crippen LogP contribution is -2.00. The maximum Gasteiger partial charge on any atom is 0.340 e. The Kier molecular flexibility index (Phi) is 2.30. The first-order valence-corrected chi connectivity index (χ1v) is 5.59. The highest BCUT2D eigenvalue weighted by Crippen LogP contribution is 2.30. The second kappa shape index (κ2) is 3.95. The predicted octanol–water partition coefficient (Wildman–Crippen LogP) is 1.08. The quantitative estimate of drug-likeness (QED) is 0.706. The second-order valence-corrected chi connectivity index (χ2v) is 4.32. The summed E-state index contributed by atoms with van der Waals surface area (Å²) in [6.45, 7) is 0. The van der Waals surface area contributed by atoms with Crippen molar-refractivity contribution in [2.45, 2.75) is 0 Å². The third-order valence-corrected chi connectivity index (χ3v) is 3.24.